The van der Waals surface area contributed by atoms with Crippen molar-refractivity contribution in [2.24, 2.45) is 5.14 Å². The number of hydrogen-bond acceptors (Lipinski definition) is 6. The topological polar surface area (TPSA) is 134 Å². The van der Waals surface area contributed by atoms with Gasteiger partial charge in [-0.1, -0.05) is 30.3 Å². The Kier molecular flexibility index (Phi) is 7.23. The van der Waals surface area contributed by atoms with Crippen molar-refractivity contribution in [3.8, 4) is 17.6 Å². The summed E-state index contributed by atoms with van der Waals surface area (Å²) < 4.78 is 28.3. The lowest BCUT2D eigenvalue weighted by molar-refractivity contribution is -0.112. The molecule has 9 heteroatoms. The number of sulfonamides is 1. The number of carbonyl (C=O) groups is 1. The molecule has 3 aromatic rings. The zero-order valence-electron chi connectivity index (χ0n) is 16.9. The number of nitrogens with two attached hydrogens (primary N) is 1. The Labute approximate surface area is 186 Å². The number of primary sulfonamides is 1. The number of nitriles is 1. The third kappa shape index (κ3) is 6.43. The molecule has 0 heterocycles. The highest BCUT2D eigenvalue weighted by Crippen LogP contribution is 2.22. The number of para-hydroxylation sites is 1. The first kappa shape index (κ1) is 22.6. The van der Waals surface area contributed by atoms with Gasteiger partial charge in [-0.2, -0.15) is 5.26 Å². The molecule has 4 N–H and O–H groups in total. The number of carbonyl (C=O) groups excluding carboxylic acids is 1. The van der Waals surface area contributed by atoms with Crippen molar-refractivity contribution in [2.75, 3.05) is 5.32 Å². The minimum atomic E-state index is -3.75. The van der Waals surface area contributed by atoms with E-state index in [2.05, 4.69) is 10.6 Å². The van der Waals surface area contributed by atoms with Gasteiger partial charge >= 0.3 is 0 Å². The molecule has 0 radical (unpaired) electrons. The van der Waals surface area contributed by atoms with Crippen LogP contribution >= 0.6 is 0 Å². The molecule has 0 unspecified atom stereocenters. The average molecular weight is 449 g/mol. The van der Waals surface area contributed by atoms with Gasteiger partial charge in [-0.3, -0.25) is 4.79 Å². The van der Waals surface area contributed by atoms with Gasteiger partial charge in [0.15, 0.2) is 0 Å². The van der Waals surface area contributed by atoms with Crippen LogP contribution in [0.2, 0.25) is 0 Å². The number of rotatable bonds is 8. The number of hydrogen-bond donors (Lipinski definition) is 3. The summed E-state index contributed by atoms with van der Waals surface area (Å²) in [5, 5.41) is 19.9. The van der Waals surface area contributed by atoms with E-state index in [1.807, 2.05) is 36.4 Å². The molecule has 0 bridgehead atoms. The van der Waals surface area contributed by atoms with Crippen LogP contribution in [0.3, 0.4) is 0 Å². The highest BCUT2D eigenvalue weighted by molar-refractivity contribution is 7.89. The maximum atomic E-state index is 12.4. The lowest BCUT2D eigenvalue weighted by Crippen LogP contribution is -2.16. The molecule has 32 heavy (non-hydrogen) atoms. The lowest BCUT2D eigenvalue weighted by atomic mass is 10.2. The SMILES string of the molecule is N#C/C(=C/NCc1ccc(S(N)(=O)=O)cc1)C(=O)Nc1ccc(Oc2ccccc2)cc1. The Morgan fingerprint density at radius 1 is 0.969 bits per heavy atom. The van der Waals surface area contributed by atoms with Gasteiger partial charge in [0.25, 0.3) is 5.91 Å². The summed E-state index contributed by atoms with van der Waals surface area (Å²) in [6.07, 6.45) is 1.30. The highest BCUT2D eigenvalue weighted by Gasteiger charge is 2.10. The maximum Gasteiger partial charge on any atom is 0.267 e. The number of anilines is 1. The van der Waals surface area contributed by atoms with Gasteiger partial charge in [0.2, 0.25) is 10.0 Å². The van der Waals surface area contributed by atoms with E-state index in [0.29, 0.717) is 17.2 Å². The van der Waals surface area contributed by atoms with Gasteiger partial charge in [-0.15, -0.1) is 0 Å². The summed E-state index contributed by atoms with van der Waals surface area (Å²) in [5.41, 5.74) is 1.14. The summed E-state index contributed by atoms with van der Waals surface area (Å²) in [5.74, 6) is 0.742. The average Bonchev–Trinajstić information content (AvgIpc) is 2.78. The van der Waals surface area contributed by atoms with E-state index < -0.39 is 15.9 Å². The minimum Gasteiger partial charge on any atom is -0.457 e. The van der Waals surface area contributed by atoms with Crippen molar-refractivity contribution in [2.45, 2.75) is 11.4 Å². The molecule has 0 spiro atoms. The smallest absolute Gasteiger partial charge is 0.267 e. The molecule has 0 aromatic heterocycles. The van der Waals surface area contributed by atoms with Crippen molar-refractivity contribution >= 4 is 21.6 Å². The molecular formula is C23H20N4O4S. The van der Waals surface area contributed by atoms with Gasteiger partial charge in [-0.25, -0.2) is 13.6 Å². The summed E-state index contributed by atoms with van der Waals surface area (Å²) in [6, 6.07) is 23.9. The van der Waals surface area contributed by atoms with Crippen LogP contribution in [0.5, 0.6) is 11.5 Å². The predicted molar refractivity (Wildman–Crippen MR) is 120 cm³/mol. The Hall–Kier alpha value is -4.13. The van der Waals surface area contributed by atoms with Crippen molar-refractivity contribution in [3.05, 3.63) is 96.2 Å². The van der Waals surface area contributed by atoms with Crippen molar-refractivity contribution in [1.29, 1.82) is 5.26 Å². The van der Waals surface area contributed by atoms with Crippen LogP contribution < -0.4 is 20.5 Å². The first-order valence-electron chi connectivity index (χ1n) is 9.45. The van der Waals surface area contributed by atoms with E-state index in [1.54, 1.807) is 36.4 Å². The summed E-state index contributed by atoms with van der Waals surface area (Å²) in [7, 11) is -3.75. The number of nitrogens with one attached hydrogen (secondary N) is 2. The standard InChI is InChI=1S/C23H20N4O4S/c24-14-18(16-26-15-17-6-12-22(13-7-17)32(25,29)30)23(28)27-19-8-10-21(11-9-19)31-20-4-2-1-3-5-20/h1-13,16,26H,15H2,(H,27,28)(H2,25,29,30)/b18-16-. The van der Waals surface area contributed by atoms with Crippen molar-refractivity contribution in [1.82, 2.24) is 5.32 Å². The summed E-state index contributed by atoms with van der Waals surface area (Å²) in [6.45, 7) is 0.287. The second-order valence-electron chi connectivity index (χ2n) is 6.63. The Morgan fingerprint density at radius 3 is 2.19 bits per heavy atom. The van der Waals surface area contributed by atoms with Crippen molar-refractivity contribution < 1.29 is 17.9 Å². The fourth-order valence-corrected chi connectivity index (χ4v) is 3.16. The number of amides is 1. The van der Waals surface area contributed by atoms with E-state index in [-0.39, 0.29) is 17.0 Å². The van der Waals surface area contributed by atoms with Crippen LogP contribution in [0.25, 0.3) is 0 Å². The zero-order chi connectivity index (χ0) is 23.0. The van der Waals surface area contributed by atoms with Gasteiger partial charge in [0.05, 0.1) is 4.90 Å². The Balaban J connectivity index is 1.56. The Bertz CT molecular complexity index is 1250. The molecule has 0 aliphatic carbocycles. The molecule has 0 fully saturated rings. The molecule has 162 valence electrons. The summed E-state index contributed by atoms with van der Waals surface area (Å²) in [4.78, 5) is 12.4. The van der Waals surface area contributed by atoms with Crippen LogP contribution in [0.1, 0.15) is 5.56 Å². The molecule has 0 aliphatic heterocycles. The number of benzene rings is 3. The van der Waals surface area contributed by atoms with Crippen LogP contribution in [0.15, 0.2) is 95.5 Å². The van der Waals surface area contributed by atoms with Crippen LogP contribution in [0.4, 0.5) is 5.69 Å². The van der Waals surface area contributed by atoms with Gasteiger partial charge in [0.1, 0.15) is 23.1 Å². The van der Waals surface area contributed by atoms with E-state index in [4.69, 9.17) is 9.88 Å². The molecule has 8 nitrogen and oxygen atoms in total. The fraction of sp³-hybridized carbons (Fsp3) is 0.0435. The quantitative estimate of drug-likeness (QED) is 0.358. The van der Waals surface area contributed by atoms with E-state index in [9.17, 15) is 18.5 Å². The molecule has 0 saturated carbocycles. The normalized spacial score (nSPS) is 11.3. The van der Waals surface area contributed by atoms with E-state index in [0.717, 1.165) is 5.56 Å². The predicted octanol–water partition coefficient (Wildman–Crippen LogP) is 3.26. The molecule has 3 aromatic carbocycles. The zero-order valence-corrected chi connectivity index (χ0v) is 17.7. The second kappa shape index (κ2) is 10.3. The van der Waals surface area contributed by atoms with Gasteiger partial charge < -0.3 is 15.4 Å². The first-order valence-corrected chi connectivity index (χ1v) is 11.0. The molecular weight excluding hydrogens is 428 g/mol. The number of ether oxygens (including phenoxy) is 1. The van der Waals surface area contributed by atoms with E-state index >= 15 is 0 Å². The Morgan fingerprint density at radius 2 is 1.59 bits per heavy atom. The third-order valence-electron chi connectivity index (χ3n) is 4.26. The third-order valence-corrected chi connectivity index (χ3v) is 5.19. The highest BCUT2D eigenvalue weighted by atomic mass is 32.2. The molecule has 3 rings (SSSR count). The lowest BCUT2D eigenvalue weighted by Gasteiger charge is -2.08. The van der Waals surface area contributed by atoms with E-state index in [1.165, 1.54) is 18.3 Å². The molecule has 1 amide bonds. The molecule has 0 aliphatic rings. The second-order valence-corrected chi connectivity index (χ2v) is 8.19. The fourth-order valence-electron chi connectivity index (χ4n) is 2.65. The minimum absolute atomic E-state index is 0.00840. The maximum absolute atomic E-state index is 12.4. The molecule has 0 saturated heterocycles. The van der Waals surface area contributed by atoms with Crippen LogP contribution in [-0.4, -0.2) is 14.3 Å². The summed E-state index contributed by atoms with van der Waals surface area (Å²) >= 11 is 0. The van der Waals surface area contributed by atoms with Crippen LogP contribution in [-0.2, 0) is 21.4 Å². The van der Waals surface area contributed by atoms with Gasteiger partial charge in [-0.05, 0) is 54.1 Å². The molecule has 0 atom stereocenters. The number of nitrogens with zero attached hydrogens (tertiary/aromatic N) is 1. The van der Waals surface area contributed by atoms with Crippen LogP contribution in [0, 0.1) is 11.3 Å². The van der Waals surface area contributed by atoms with Gasteiger partial charge in [0, 0.05) is 18.4 Å². The first-order chi connectivity index (χ1) is 15.3. The van der Waals surface area contributed by atoms with Crippen molar-refractivity contribution in [3.63, 3.8) is 0 Å². The largest absolute Gasteiger partial charge is 0.457 e. The monoisotopic (exact) mass is 448 g/mol.